The molecule has 0 heterocycles. The number of carbonyl (C=O) groups is 1. The molecule has 5 nitrogen and oxygen atoms in total. The topological polar surface area (TPSA) is 52.6 Å². The number of nitrogens with zero attached hydrogens (tertiary/aromatic N) is 1. The van der Waals surface area contributed by atoms with E-state index in [0.717, 1.165) is 0 Å². The zero-order valence-corrected chi connectivity index (χ0v) is 12.6. The Labute approximate surface area is 120 Å². The van der Waals surface area contributed by atoms with Gasteiger partial charge in [0.25, 0.3) is 0 Å². The fourth-order valence-electron chi connectivity index (χ4n) is 1.35. The minimum atomic E-state index is -2.05. The molecule has 106 valence electrons. The standard InChI is InChI=1S/C12H17ClNO4S/c1-10(2)17-19(16)18-14(3,12(15)9-13)11-7-5-4-6-8-11/h4-8,10H,9H2,1-3H3/q+1. The summed E-state index contributed by atoms with van der Waals surface area (Å²) in [6.45, 7) is 3.44. The van der Waals surface area contributed by atoms with E-state index in [1.54, 1.807) is 44.2 Å². The number of amides is 1. The number of quaternary nitrogens is 1. The van der Waals surface area contributed by atoms with Gasteiger partial charge in [-0.05, 0) is 13.8 Å². The summed E-state index contributed by atoms with van der Waals surface area (Å²) >= 11 is 3.54. The predicted molar refractivity (Wildman–Crippen MR) is 75.3 cm³/mol. The summed E-state index contributed by atoms with van der Waals surface area (Å²) in [6.07, 6.45) is -0.281. The van der Waals surface area contributed by atoms with Gasteiger partial charge in [0.15, 0.2) is 5.69 Å². The molecule has 0 aromatic heterocycles. The number of alkyl halides is 1. The first-order chi connectivity index (χ1) is 8.90. The highest BCUT2D eigenvalue weighted by Crippen LogP contribution is 2.23. The highest BCUT2D eigenvalue weighted by atomic mass is 35.5. The Morgan fingerprint density at radius 3 is 2.42 bits per heavy atom. The molecule has 0 N–H and O–H groups in total. The maximum Gasteiger partial charge on any atom is 0.366 e. The summed E-state index contributed by atoms with van der Waals surface area (Å²) in [6, 6.07) is 8.69. The van der Waals surface area contributed by atoms with Crippen molar-refractivity contribution in [1.82, 2.24) is 4.65 Å². The average Bonchev–Trinajstić information content (AvgIpc) is 2.37. The first kappa shape index (κ1) is 16.3. The Hall–Kier alpha value is -0.790. The molecule has 1 amide bonds. The fraction of sp³-hybridized carbons (Fsp3) is 0.417. The second-order valence-electron chi connectivity index (χ2n) is 4.21. The van der Waals surface area contributed by atoms with Gasteiger partial charge >= 0.3 is 17.3 Å². The van der Waals surface area contributed by atoms with Gasteiger partial charge in [-0.25, -0.2) is 4.79 Å². The molecule has 0 saturated carbocycles. The lowest BCUT2D eigenvalue weighted by Gasteiger charge is -2.25. The number of rotatable bonds is 6. The van der Waals surface area contributed by atoms with Crippen LogP contribution in [0, 0.1) is 0 Å². The van der Waals surface area contributed by atoms with Crippen LogP contribution in [0.4, 0.5) is 5.69 Å². The minimum Gasteiger partial charge on any atom is -0.262 e. The number of hydrogen-bond acceptors (Lipinski definition) is 4. The summed E-state index contributed by atoms with van der Waals surface area (Å²) in [7, 11) is 1.47. The van der Waals surface area contributed by atoms with Crippen molar-refractivity contribution in [3.05, 3.63) is 30.3 Å². The second-order valence-corrected chi connectivity index (χ2v) is 5.23. The summed E-state index contributed by atoms with van der Waals surface area (Å²) in [5.74, 6) is -0.696. The van der Waals surface area contributed by atoms with Gasteiger partial charge in [-0.3, -0.25) is 4.18 Å². The summed E-state index contributed by atoms with van der Waals surface area (Å²) in [4.78, 5) is 12.0. The summed E-state index contributed by atoms with van der Waals surface area (Å²) in [5, 5.41) is 0. The third kappa shape index (κ3) is 4.36. The lowest BCUT2D eigenvalue weighted by molar-refractivity contribution is -0.147. The van der Waals surface area contributed by atoms with Gasteiger partial charge in [0.2, 0.25) is 0 Å². The number of hydrogen-bond donors (Lipinski definition) is 0. The smallest absolute Gasteiger partial charge is 0.262 e. The molecule has 0 radical (unpaired) electrons. The van der Waals surface area contributed by atoms with E-state index in [0.29, 0.717) is 5.69 Å². The molecule has 0 aliphatic carbocycles. The van der Waals surface area contributed by atoms with Gasteiger partial charge in [-0.15, -0.1) is 11.6 Å². The van der Waals surface area contributed by atoms with Crippen LogP contribution < -0.4 is 4.65 Å². The number of para-hydroxylation sites is 1. The normalized spacial score (nSPS) is 16.1. The molecule has 19 heavy (non-hydrogen) atoms. The van der Waals surface area contributed by atoms with Crippen LogP contribution >= 0.6 is 11.6 Å². The van der Waals surface area contributed by atoms with Crippen molar-refractivity contribution in [2.45, 2.75) is 20.0 Å². The third-order valence-electron chi connectivity index (χ3n) is 2.32. The average molecular weight is 307 g/mol. The van der Waals surface area contributed by atoms with Crippen LogP contribution in [0.3, 0.4) is 0 Å². The summed E-state index contributed by atoms with van der Waals surface area (Å²) < 4.78 is 21.3. The maximum atomic E-state index is 12.0. The predicted octanol–water partition coefficient (Wildman–Crippen LogP) is 2.32. The molecule has 1 aromatic carbocycles. The van der Waals surface area contributed by atoms with E-state index < -0.39 is 21.9 Å². The second kappa shape index (κ2) is 7.12. The van der Waals surface area contributed by atoms with E-state index in [-0.39, 0.29) is 12.0 Å². The number of hydroxylamine groups is 2. The summed E-state index contributed by atoms with van der Waals surface area (Å²) in [5.41, 5.74) is 0.522. The number of carbonyl (C=O) groups excluding carboxylic acids is 1. The lowest BCUT2D eigenvalue weighted by Crippen LogP contribution is -2.52. The SMILES string of the molecule is CC(C)OS(=O)O[N+](C)(C(=O)CCl)c1ccccc1. The van der Waals surface area contributed by atoms with Crippen molar-refractivity contribution < 1.29 is 17.5 Å². The van der Waals surface area contributed by atoms with Crippen LogP contribution in [0.2, 0.25) is 0 Å². The first-order valence-electron chi connectivity index (χ1n) is 5.70. The Bertz CT molecular complexity index is 454. The van der Waals surface area contributed by atoms with E-state index in [1.165, 1.54) is 7.05 Å². The molecular weight excluding hydrogens is 290 g/mol. The van der Waals surface area contributed by atoms with Crippen molar-refractivity contribution in [3.8, 4) is 0 Å². The molecular formula is C12H17ClNO4S+. The molecule has 1 rings (SSSR count). The van der Waals surface area contributed by atoms with Crippen LogP contribution in [0.1, 0.15) is 13.8 Å². The molecule has 0 spiro atoms. The van der Waals surface area contributed by atoms with Gasteiger partial charge in [-0.2, -0.15) is 4.21 Å². The van der Waals surface area contributed by atoms with Crippen molar-refractivity contribution in [3.63, 3.8) is 0 Å². The Kier molecular flexibility index (Phi) is 6.09. The van der Waals surface area contributed by atoms with Gasteiger partial charge in [-0.1, -0.05) is 27.1 Å². The number of halogens is 1. The van der Waals surface area contributed by atoms with Crippen LogP contribution in [0.5, 0.6) is 0 Å². The van der Waals surface area contributed by atoms with E-state index in [1.807, 2.05) is 0 Å². The molecule has 2 atom stereocenters. The Morgan fingerprint density at radius 2 is 1.95 bits per heavy atom. The highest BCUT2D eigenvalue weighted by molar-refractivity contribution is 7.75. The van der Waals surface area contributed by atoms with Crippen LogP contribution in [-0.4, -0.2) is 29.1 Å². The van der Waals surface area contributed by atoms with E-state index in [9.17, 15) is 9.00 Å². The fourth-order valence-corrected chi connectivity index (χ4v) is 2.34. The molecule has 0 saturated heterocycles. The zero-order chi connectivity index (χ0) is 14.5. The quantitative estimate of drug-likeness (QED) is 0.460. The van der Waals surface area contributed by atoms with Crippen molar-refractivity contribution in [1.29, 1.82) is 0 Å². The minimum absolute atomic E-state index is 0.260. The monoisotopic (exact) mass is 306 g/mol. The molecule has 2 unspecified atom stereocenters. The van der Waals surface area contributed by atoms with E-state index in [4.69, 9.17) is 20.1 Å². The van der Waals surface area contributed by atoms with Crippen LogP contribution in [0.25, 0.3) is 0 Å². The molecule has 1 aromatic rings. The largest absolute Gasteiger partial charge is 0.366 e. The van der Waals surface area contributed by atoms with E-state index in [2.05, 4.69) is 0 Å². The molecule has 0 bridgehead atoms. The Balaban J connectivity index is 3.01. The van der Waals surface area contributed by atoms with Crippen LogP contribution in [-0.2, 0) is 24.6 Å². The van der Waals surface area contributed by atoms with Gasteiger partial charge < -0.3 is 0 Å². The highest BCUT2D eigenvalue weighted by Gasteiger charge is 2.39. The lowest BCUT2D eigenvalue weighted by atomic mass is 10.3. The molecule has 0 fully saturated rings. The van der Waals surface area contributed by atoms with Crippen molar-refractivity contribution in [2.24, 2.45) is 0 Å². The van der Waals surface area contributed by atoms with Gasteiger partial charge in [0.1, 0.15) is 12.9 Å². The van der Waals surface area contributed by atoms with E-state index >= 15 is 0 Å². The van der Waals surface area contributed by atoms with Crippen LogP contribution in [0.15, 0.2) is 30.3 Å². The molecule has 0 aliphatic heterocycles. The molecule has 0 aliphatic rings. The van der Waals surface area contributed by atoms with Gasteiger partial charge in [0, 0.05) is 12.1 Å². The third-order valence-corrected chi connectivity index (χ3v) is 3.51. The molecule has 7 heteroatoms. The zero-order valence-electron chi connectivity index (χ0n) is 11.0. The number of benzene rings is 1. The van der Waals surface area contributed by atoms with Crippen molar-refractivity contribution in [2.75, 3.05) is 12.9 Å². The van der Waals surface area contributed by atoms with Crippen molar-refractivity contribution >= 4 is 34.6 Å². The van der Waals surface area contributed by atoms with Gasteiger partial charge in [0.05, 0.1) is 6.10 Å². The maximum absolute atomic E-state index is 12.0. The Morgan fingerprint density at radius 1 is 1.37 bits per heavy atom. The first-order valence-corrected chi connectivity index (χ1v) is 7.24.